The average molecular weight is 380 g/mol. The van der Waals surface area contributed by atoms with Gasteiger partial charge in [0.2, 0.25) is 5.91 Å². The van der Waals surface area contributed by atoms with Crippen LogP contribution in [-0.2, 0) is 11.8 Å². The zero-order valence-electron chi connectivity index (χ0n) is 16.2. The minimum absolute atomic E-state index is 0.228. The second kappa shape index (κ2) is 8.56. The van der Waals surface area contributed by atoms with Gasteiger partial charge in [-0.3, -0.25) is 14.3 Å². The fourth-order valence-corrected chi connectivity index (χ4v) is 2.90. The van der Waals surface area contributed by atoms with Crippen LogP contribution in [0.1, 0.15) is 26.3 Å². The van der Waals surface area contributed by atoms with Crippen molar-refractivity contribution in [2.24, 2.45) is 13.0 Å². The van der Waals surface area contributed by atoms with Crippen molar-refractivity contribution in [3.63, 3.8) is 0 Å². The molecule has 0 aliphatic carbocycles. The molecule has 1 unspecified atom stereocenters. The van der Waals surface area contributed by atoms with Gasteiger partial charge in [0.15, 0.2) is 5.82 Å². The van der Waals surface area contributed by atoms with E-state index < -0.39 is 6.04 Å². The van der Waals surface area contributed by atoms with E-state index in [4.69, 9.17) is 4.74 Å². The van der Waals surface area contributed by atoms with E-state index in [9.17, 15) is 9.59 Å². The molecular formula is C21H24N4O3. The quantitative estimate of drug-likeness (QED) is 0.679. The highest BCUT2D eigenvalue weighted by Crippen LogP contribution is 2.22. The lowest BCUT2D eigenvalue weighted by Gasteiger charge is -2.21. The number of aromatic nitrogens is 3. The van der Waals surface area contributed by atoms with Crippen molar-refractivity contribution in [1.29, 1.82) is 0 Å². The summed E-state index contributed by atoms with van der Waals surface area (Å²) in [6.07, 6.45) is 3.87. The van der Waals surface area contributed by atoms with Gasteiger partial charge in [0.25, 0.3) is 5.56 Å². The fourth-order valence-electron chi connectivity index (χ4n) is 2.90. The van der Waals surface area contributed by atoms with Gasteiger partial charge in [0, 0.05) is 31.6 Å². The molecule has 0 fully saturated rings. The Morgan fingerprint density at radius 2 is 1.86 bits per heavy atom. The second-order valence-electron chi connectivity index (χ2n) is 7.03. The number of hydrogen-bond donors (Lipinski definition) is 1. The van der Waals surface area contributed by atoms with Gasteiger partial charge in [0.1, 0.15) is 17.5 Å². The predicted molar refractivity (Wildman–Crippen MR) is 108 cm³/mol. The van der Waals surface area contributed by atoms with Crippen molar-refractivity contribution < 1.29 is 9.53 Å². The van der Waals surface area contributed by atoms with Crippen LogP contribution in [0.3, 0.4) is 0 Å². The Balaban J connectivity index is 1.83. The second-order valence-corrected chi connectivity index (χ2v) is 7.03. The molecule has 146 valence electrons. The van der Waals surface area contributed by atoms with Crippen LogP contribution in [0.2, 0.25) is 0 Å². The molecule has 1 atom stereocenters. The van der Waals surface area contributed by atoms with Gasteiger partial charge in [-0.05, 0) is 30.5 Å². The molecule has 1 aromatic carbocycles. The maximum atomic E-state index is 12.8. The molecule has 1 amide bonds. The number of para-hydroxylation sites is 1. The lowest BCUT2D eigenvalue weighted by atomic mass is 10.0. The number of hydrogen-bond acceptors (Lipinski definition) is 4. The first-order valence-corrected chi connectivity index (χ1v) is 9.18. The van der Waals surface area contributed by atoms with Crippen LogP contribution < -0.4 is 15.6 Å². The van der Waals surface area contributed by atoms with E-state index >= 15 is 0 Å². The van der Waals surface area contributed by atoms with Crippen molar-refractivity contribution >= 4 is 11.7 Å². The highest BCUT2D eigenvalue weighted by atomic mass is 16.5. The fraction of sp³-hybridized carbons (Fsp3) is 0.286. The van der Waals surface area contributed by atoms with E-state index in [1.54, 1.807) is 36.3 Å². The molecule has 0 saturated carbocycles. The first-order chi connectivity index (χ1) is 13.4. The van der Waals surface area contributed by atoms with Crippen molar-refractivity contribution in [1.82, 2.24) is 14.3 Å². The van der Waals surface area contributed by atoms with Gasteiger partial charge in [-0.15, -0.1) is 0 Å². The molecule has 7 heteroatoms. The first kappa shape index (κ1) is 19.4. The molecule has 7 nitrogen and oxygen atoms in total. The van der Waals surface area contributed by atoms with Crippen LogP contribution in [0.4, 0.5) is 5.82 Å². The van der Waals surface area contributed by atoms with Crippen LogP contribution in [0, 0.1) is 5.92 Å². The zero-order chi connectivity index (χ0) is 20.1. The molecule has 0 radical (unpaired) electrons. The van der Waals surface area contributed by atoms with Crippen LogP contribution in [0.25, 0.3) is 0 Å². The average Bonchev–Trinajstić information content (AvgIpc) is 3.05. The highest BCUT2D eigenvalue weighted by molar-refractivity contribution is 5.92. The number of nitrogens with zero attached hydrogens (tertiary/aromatic N) is 3. The van der Waals surface area contributed by atoms with Crippen molar-refractivity contribution in [3.05, 3.63) is 71.3 Å². The van der Waals surface area contributed by atoms with E-state index in [1.807, 2.05) is 44.2 Å². The minimum Gasteiger partial charge on any atom is -0.457 e. The smallest absolute Gasteiger partial charge is 0.254 e. The number of aryl methyl sites for hydroxylation is 1. The van der Waals surface area contributed by atoms with Gasteiger partial charge in [-0.1, -0.05) is 32.0 Å². The van der Waals surface area contributed by atoms with Gasteiger partial charge >= 0.3 is 0 Å². The summed E-state index contributed by atoms with van der Waals surface area (Å²) >= 11 is 0. The first-order valence-electron chi connectivity index (χ1n) is 9.18. The van der Waals surface area contributed by atoms with Gasteiger partial charge in [-0.2, -0.15) is 5.10 Å². The van der Waals surface area contributed by atoms with Crippen molar-refractivity contribution in [2.45, 2.75) is 26.3 Å². The molecule has 3 aromatic rings. The van der Waals surface area contributed by atoms with Crippen LogP contribution >= 0.6 is 0 Å². The summed E-state index contributed by atoms with van der Waals surface area (Å²) < 4.78 is 8.75. The van der Waals surface area contributed by atoms with Crippen molar-refractivity contribution in [2.75, 3.05) is 5.32 Å². The highest BCUT2D eigenvalue weighted by Gasteiger charge is 2.23. The largest absolute Gasteiger partial charge is 0.457 e. The number of amides is 1. The maximum Gasteiger partial charge on any atom is 0.254 e. The molecule has 3 rings (SSSR count). The number of carbonyl (C=O) groups is 1. The molecule has 0 aliphatic rings. The van der Waals surface area contributed by atoms with Gasteiger partial charge in [-0.25, -0.2) is 0 Å². The van der Waals surface area contributed by atoms with Crippen LogP contribution in [-0.4, -0.2) is 20.3 Å². The molecule has 1 N–H and O–H groups in total. The third-order valence-electron chi connectivity index (χ3n) is 4.20. The summed E-state index contributed by atoms with van der Waals surface area (Å²) in [5.41, 5.74) is -0.296. The normalized spacial score (nSPS) is 12.0. The third kappa shape index (κ3) is 4.88. The molecular weight excluding hydrogens is 356 g/mol. The van der Waals surface area contributed by atoms with E-state index in [0.717, 1.165) is 0 Å². The summed E-state index contributed by atoms with van der Waals surface area (Å²) in [5, 5.41) is 6.95. The summed E-state index contributed by atoms with van der Waals surface area (Å²) in [6.45, 7) is 4.03. The molecule has 0 aliphatic heterocycles. The predicted octanol–water partition coefficient (Wildman–Crippen LogP) is 3.60. The SMILES string of the molecule is CC(C)CC(C(=O)Nc1ccn(C)n1)n1ccc(Oc2ccccc2)cc1=O. The lowest BCUT2D eigenvalue weighted by molar-refractivity contribution is -0.119. The number of benzene rings is 1. The molecule has 0 saturated heterocycles. The van der Waals surface area contributed by atoms with E-state index in [1.165, 1.54) is 10.6 Å². The Labute approximate surface area is 163 Å². The minimum atomic E-state index is -0.639. The summed E-state index contributed by atoms with van der Waals surface area (Å²) in [7, 11) is 1.78. The number of ether oxygens (including phenoxy) is 1. The number of pyridine rings is 1. The number of rotatable bonds is 7. The molecule has 2 heterocycles. The lowest BCUT2D eigenvalue weighted by Crippen LogP contribution is -2.33. The number of anilines is 1. The number of carbonyl (C=O) groups excluding carboxylic acids is 1. The third-order valence-corrected chi connectivity index (χ3v) is 4.20. The molecule has 2 aromatic heterocycles. The van der Waals surface area contributed by atoms with Crippen molar-refractivity contribution in [3.8, 4) is 11.5 Å². The Morgan fingerprint density at radius 1 is 1.11 bits per heavy atom. The van der Waals surface area contributed by atoms with E-state index in [-0.39, 0.29) is 17.4 Å². The van der Waals surface area contributed by atoms with Gasteiger partial charge in [0.05, 0.1) is 0 Å². The Morgan fingerprint density at radius 3 is 2.46 bits per heavy atom. The summed E-state index contributed by atoms with van der Waals surface area (Å²) in [6, 6.07) is 13.4. The molecule has 28 heavy (non-hydrogen) atoms. The van der Waals surface area contributed by atoms with E-state index in [2.05, 4.69) is 10.4 Å². The standard InChI is InChI=1S/C21H24N4O3/c1-15(2)13-18(21(27)22-19-10-11-24(3)23-19)25-12-9-17(14-20(25)26)28-16-7-5-4-6-8-16/h4-12,14-15,18H,13H2,1-3H3,(H,22,23,27). The molecule has 0 bridgehead atoms. The van der Waals surface area contributed by atoms with E-state index in [0.29, 0.717) is 23.7 Å². The number of nitrogens with one attached hydrogen (secondary N) is 1. The zero-order valence-corrected chi connectivity index (χ0v) is 16.2. The Hall–Kier alpha value is -3.35. The van der Waals surface area contributed by atoms with Gasteiger partial charge < -0.3 is 14.6 Å². The molecule has 0 spiro atoms. The maximum absolute atomic E-state index is 12.8. The Kier molecular flexibility index (Phi) is 5.93. The summed E-state index contributed by atoms with van der Waals surface area (Å²) in [4.78, 5) is 25.5. The Bertz CT molecular complexity index is 992. The monoisotopic (exact) mass is 380 g/mol. The van der Waals surface area contributed by atoms with Crippen LogP contribution in [0.15, 0.2) is 65.7 Å². The van der Waals surface area contributed by atoms with Crippen LogP contribution in [0.5, 0.6) is 11.5 Å². The summed E-state index contributed by atoms with van der Waals surface area (Å²) in [5.74, 6) is 1.49. The topological polar surface area (TPSA) is 78.2 Å².